The van der Waals surface area contributed by atoms with Crippen LogP contribution < -0.4 is 0 Å². The highest BCUT2D eigenvalue weighted by Gasteiger charge is 2.23. The van der Waals surface area contributed by atoms with Gasteiger partial charge >= 0.3 is 0 Å². The largest absolute Gasteiger partial charge is 0.376 e. The Hall–Kier alpha value is 0.940. The standard InChI is InChI=1S/C10H18ClIO2/c1-10(7-11,8-12)14-6-5-13-9-3-2-4-9/h9H,2-8H2,1H3. The SMILES string of the molecule is CC(CCl)(CI)OCCOC1CCC1. The molecule has 1 rings (SSSR count). The second-order valence-corrected chi connectivity index (χ2v) is 5.02. The van der Waals surface area contributed by atoms with E-state index in [1.54, 1.807) is 0 Å². The average Bonchev–Trinajstić information content (AvgIpc) is 2.14. The fraction of sp³-hybridized carbons (Fsp3) is 1.00. The Balaban J connectivity index is 2.01. The molecule has 4 heteroatoms. The molecule has 1 saturated carbocycles. The molecule has 1 aliphatic carbocycles. The molecule has 1 atom stereocenters. The predicted molar refractivity (Wildman–Crippen MR) is 67.6 cm³/mol. The molecule has 0 radical (unpaired) electrons. The molecule has 0 bridgehead atoms. The lowest BCUT2D eigenvalue weighted by atomic mass is 9.96. The smallest absolute Gasteiger partial charge is 0.0879 e. The summed E-state index contributed by atoms with van der Waals surface area (Å²) in [5.74, 6) is 0.541. The van der Waals surface area contributed by atoms with Gasteiger partial charge in [-0.1, -0.05) is 22.6 Å². The van der Waals surface area contributed by atoms with E-state index in [9.17, 15) is 0 Å². The van der Waals surface area contributed by atoms with E-state index >= 15 is 0 Å². The second-order valence-electron chi connectivity index (χ2n) is 3.99. The van der Waals surface area contributed by atoms with E-state index in [4.69, 9.17) is 21.1 Å². The van der Waals surface area contributed by atoms with Crippen molar-refractivity contribution < 1.29 is 9.47 Å². The van der Waals surface area contributed by atoms with Gasteiger partial charge in [-0.05, 0) is 26.2 Å². The van der Waals surface area contributed by atoms with Crippen molar-refractivity contribution in [3.63, 3.8) is 0 Å². The van der Waals surface area contributed by atoms with Crippen molar-refractivity contribution in [3.05, 3.63) is 0 Å². The molecule has 0 saturated heterocycles. The third kappa shape index (κ3) is 4.21. The van der Waals surface area contributed by atoms with Crippen LogP contribution in [0.4, 0.5) is 0 Å². The van der Waals surface area contributed by atoms with E-state index in [-0.39, 0.29) is 5.60 Å². The molecule has 2 nitrogen and oxygen atoms in total. The van der Waals surface area contributed by atoms with Crippen LogP contribution in [-0.2, 0) is 9.47 Å². The van der Waals surface area contributed by atoms with Gasteiger partial charge in [-0.25, -0.2) is 0 Å². The van der Waals surface area contributed by atoms with Gasteiger partial charge in [-0.15, -0.1) is 11.6 Å². The number of rotatable bonds is 7. The maximum Gasteiger partial charge on any atom is 0.0879 e. The lowest BCUT2D eigenvalue weighted by molar-refractivity contribution is -0.0632. The zero-order valence-corrected chi connectivity index (χ0v) is 11.5. The summed E-state index contributed by atoms with van der Waals surface area (Å²) in [6, 6.07) is 0. The number of halogens is 2. The van der Waals surface area contributed by atoms with Crippen LogP contribution in [0.5, 0.6) is 0 Å². The van der Waals surface area contributed by atoms with Crippen molar-refractivity contribution in [2.75, 3.05) is 23.5 Å². The molecule has 84 valence electrons. The first-order valence-corrected chi connectivity index (χ1v) is 7.14. The van der Waals surface area contributed by atoms with E-state index in [0.717, 1.165) is 4.43 Å². The minimum Gasteiger partial charge on any atom is -0.376 e. The maximum atomic E-state index is 5.82. The highest BCUT2D eigenvalue weighted by molar-refractivity contribution is 14.1. The fourth-order valence-electron chi connectivity index (χ4n) is 1.15. The number of ether oxygens (including phenoxy) is 2. The van der Waals surface area contributed by atoms with Crippen LogP contribution in [0, 0.1) is 0 Å². The fourth-order valence-corrected chi connectivity index (χ4v) is 2.13. The summed E-state index contributed by atoms with van der Waals surface area (Å²) >= 11 is 8.12. The van der Waals surface area contributed by atoms with Crippen LogP contribution in [0.25, 0.3) is 0 Å². The van der Waals surface area contributed by atoms with E-state index in [1.165, 1.54) is 19.3 Å². The molecule has 0 aromatic rings. The van der Waals surface area contributed by atoms with Crippen molar-refractivity contribution in [2.45, 2.75) is 37.9 Å². The molecule has 0 aromatic carbocycles. The van der Waals surface area contributed by atoms with Crippen LogP contribution in [-0.4, -0.2) is 35.2 Å². The predicted octanol–water partition coefficient (Wildman–Crippen LogP) is 3.00. The third-order valence-corrected chi connectivity index (χ3v) is 4.68. The van der Waals surface area contributed by atoms with Gasteiger partial charge in [0, 0.05) is 4.43 Å². The van der Waals surface area contributed by atoms with E-state index in [2.05, 4.69) is 22.6 Å². The summed E-state index contributed by atoms with van der Waals surface area (Å²) < 4.78 is 12.2. The van der Waals surface area contributed by atoms with Gasteiger partial charge in [-0.3, -0.25) is 0 Å². The first-order chi connectivity index (χ1) is 6.70. The zero-order valence-electron chi connectivity index (χ0n) is 8.60. The van der Waals surface area contributed by atoms with Gasteiger partial charge < -0.3 is 9.47 Å². The number of hydrogen-bond acceptors (Lipinski definition) is 2. The van der Waals surface area contributed by atoms with Crippen LogP contribution in [0.3, 0.4) is 0 Å². The van der Waals surface area contributed by atoms with E-state index in [0.29, 0.717) is 25.2 Å². The first-order valence-electron chi connectivity index (χ1n) is 5.08. The van der Waals surface area contributed by atoms with Crippen LogP contribution in [0.15, 0.2) is 0 Å². The molecule has 0 aromatic heterocycles. The summed E-state index contributed by atoms with van der Waals surface area (Å²) in [5.41, 5.74) is -0.189. The Kier molecular flexibility index (Phi) is 6.05. The first kappa shape index (κ1) is 13.0. The molecular weight excluding hydrogens is 314 g/mol. The van der Waals surface area contributed by atoms with Gasteiger partial charge in [0.05, 0.1) is 30.8 Å². The Bertz CT molecular complexity index is 158. The molecular formula is C10H18ClIO2. The molecule has 0 heterocycles. The van der Waals surface area contributed by atoms with Crippen LogP contribution in [0.1, 0.15) is 26.2 Å². The monoisotopic (exact) mass is 332 g/mol. The zero-order chi connectivity index (χ0) is 10.4. The highest BCUT2D eigenvalue weighted by atomic mass is 127. The molecule has 14 heavy (non-hydrogen) atoms. The Labute approximate surface area is 105 Å². The molecule has 1 fully saturated rings. The Morgan fingerprint density at radius 2 is 2.14 bits per heavy atom. The van der Waals surface area contributed by atoms with Crippen molar-refractivity contribution in [3.8, 4) is 0 Å². The van der Waals surface area contributed by atoms with Gasteiger partial charge in [0.25, 0.3) is 0 Å². The molecule has 0 aliphatic heterocycles. The lowest BCUT2D eigenvalue weighted by Crippen LogP contribution is -2.34. The van der Waals surface area contributed by atoms with E-state index in [1.807, 2.05) is 6.92 Å². The summed E-state index contributed by atoms with van der Waals surface area (Å²) in [6.07, 6.45) is 4.26. The highest BCUT2D eigenvalue weighted by Crippen LogP contribution is 2.22. The Morgan fingerprint density at radius 1 is 1.43 bits per heavy atom. The minimum atomic E-state index is -0.189. The van der Waals surface area contributed by atoms with Crippen molar-refractivity contribution >= 4 is 34.2 Å². The second kappa shape index (κ2) is 6.51. The summed E-state index contributed by atoms with van der Waals surface area (Å²) in [5, 5.41) is 0. The van der Waals surface area contributed by atoms with Crippen molar-refractivity contribution in [1.82, 2.24) is 0 Å². The molecule has 1 aliphatic rings. The normalized spacial score (nSPS) is 21.6. The van der Waals surface area contributed by atoms with Gasteiger partial charge in [0.2, 0.25) is 0 Å². The van der Waals surface area contributed by atoms with Gasteiger partial charge in [0.15, 0.2) is 0 Å². The van der Waals surface area contributed by atoms with Crippen LogP contribution >= 0.6 is 34.2 Å². The van der Waals surface area contributed by atoms with Gasteiger partial charge in [0.1, 0.15) is 0 Å². The molecule has 0 amide bonds. The minimum absolute atomic E-state index is 0.189. The summed E-state index contributed by atoms with van der Waals surface area (Å²) in [7, 11) is 0. The number of alkyl halides is 2. The molecule has 0 N–H and O–H groups in total. The maximum absolute atomic E-state index is 5.82. The topological polar surface area (TPSA) is 18.5 Å². The van der Waals surface area contributed by atoms with Crippen molar-refractivity contribution in [2.24, 2.45) is 0 Å². The summed E-state index contributed by atoms with van der Waals surface area (Å²) in [6.45, 7) is 3.40. The van der Waals surface area contributed by atoms with Gasteiger partial charge in [-0.2, -0.15) is 0 Å². The average molecular weight is 333 g/mol. The van der Waals surface area contributed by atoms with Crippen molar-refractivity contribution in [1.29, 1.82) is 0 Å². The van der Waals surface area contributed by atoms with E-state index < -0.39 is 0 Å². The number of hydrogen-bond donors (Lipinski definition) is 0. The summed E-state index contributed by atoms with van der Waals surface area (Å²) in [4.78, 5) is 0. The lowest BCUT2D eigenvalue weighted by Gasteiger charge is -2.28. The third-order valence-electron chi connectivity index (χ3n) is 2.50. The molecule has 1 unspecified atom stereocenters. The molecule has 0 spiro atoms. The quantitative estimate of drug-likeness (QED) is 0.405. The van der Waals surface area contributed by atoms with Crippen LogP contribution in [0.2, 0.25) is 0 Å². The Morgan fingerprint density at radius 3 is 2.57 bits per heavy atom.